The van der Waals surface area contributed by atoms with Crippen LogP contribution in [0.4, 0.5) is 16.4 Å². The number of rotatable bonds is 4. The number of ether oxygens (including phenoxy) is 2. The number of nitrogens with one attached hydrogen (secondary N) is 1. The summed E-state index contributed by atoms with van der Waals surface area (Å²) in [4.78, 5) is 36.4. The fourth-order valence-corrected chi connectivity index (χ4v) is 2.04. The summed E-state index contributed by atoms with van der Waals surface area (Å²) in [6.07, 6.45) is -0.989. The topological polar surface area (TPSA) is 103 Å². The predicted octanol–water partition coefficient (Wildman–Crippen LogP) is 0.252. The van der Waals surface area contributed by atoms with Gasteiger partial charge in [-0.15, -0.1) is 9.78 Å². The molecule has 2 heterocycles. The summed E-state index contributed by atoms with van der Waals surface area (Å²) in [5, 5.41) is 6.65. The van der Waals surface area contributed by atoms with Crippen LogP contribution < -0.4 is 10.2 Å². The summed E-state index contributed by atoms with van der Waals surface area (Å²) in [6, 6.07) is 1.57. The molecule has 0 unspecified atom stereocenters. The largest absolute Gasteiger partial charge is 0.451 e. The standard InChI is InChI=1S/C13H18N4O5/c1-9(18)7-12(19)14-10-8-11(15-17(10)13(20)21-2)16-3-5-22-6-4-16/h8H,3-7H2,1-2H3,(H,14,19). The molecular formula is C13H18N4O5. The number of nitrogens with zero attached hydrogens (tertiary/aromatic N) is 3. The average Bonchev–Trinajstić information content (AvgIpc) is 2.90. The van der Waals surface area contributed by atoms with Crippen LogP contribution in [-0.4, -0.2) is 61.0 Å². The van der Waals surface area contributed by atoms with Crippen molar-refractivity contribution in [3.8, 4) is 0 Å². The lowest BCUT2D eigenvalue weighted by atomic mass is 10.3. The van der Waals surface area contributed by atoms with Crippen LogP contribution in [0.25, 0.3) is 0 Å². The van der Waals surface area contributed by atoms with E-state index in [4.69, 9.17) is 4.74 Å². The minimum Gasteiger partial charge on any atom is -0.451 e. The molecule has 120 valence electrons. The summed E-state index contributed by atoms with van der Waals surface area (Å²) in [7, 11) is 1.22. The summed E-state index contributed by atoms with van der Waals surface area (Å²) in [6.45, 7) is 3.72. The Morgan fingerprint density at radius 3 is 2.64 bits per heavy atom. The molecule has 0 aliphatic carbocycles. The lowest BCUT2D eigenvalue weighted by Gasteiger charge is -2.26. The van der Waals surface area contributed by atoms with Crippen LogP contribution >= 0.6 is 0 Å². The maximum Gasteiger partial charge on any atom is 0.436 e. The molecule has 1 amide bonds. The Bertz CT molecular complexity index is 577. The van der Waals surface area contributed by atoms with E-state index < -0.39 is 12.0 Å². The predicted molar refractivity (Wildman–Crippen MR) is 77.0 cm³/mol. The summed E-state index contributed by atoms with van der Waals surface area (Å²) in [5.74, 6) is -0.0764. The van der Waals surface area contributed by atoms with Gasteiger partial charge in [-0.05, 0) is 6.92 Å². The molecule has 9 heteroatoms. The summed E-state index contributed by atoms with van der Waals surface area (Å²) in [5.41, 5.74) is 0. The molecule has 1 aliphatic heterocycles. The SMILES string of the molecule is COC(=O)n1nc(N2CCOCC2)cc1NC(=O)CC(C)=O. The van der Waals surface area contributed by atoms with Gasteiger partial charge in [0.2, 0.25) is 5.91 Å². The van der Waals surface area contributed by atoms with Crippen molar-refractivity contribution in [2.45, 2.75) is 13.3 Å². The summed E-state index contributed by atoms with van der Waals surface area (Å²) < 4.78 is 10.9. The van der Waals surface area contributed by atoms with Gasteiger partial charge in [-0.25, -0.2) is 4.79 Å². The van der Waals surface area contributed by atoms with E-state index in [-0.39, 0.29) is 18.0 Å². The first-order valence-electron chi connectivity index (χ1n) is 6.81. The van der Waals surface area contributed by atoms with Crippen molar-refractivity contribution in [1.82, 2.24) is 9.78 Å². The number of carbonyl (C=O) groups excluding carboxylic acids is 3. The van der Waals surface area contributed by atoms with Crippen LogP contribution in [0.5, 0.6) is 0 Å². The van der Waals surface area contributed by atoms with Crippen LogP contribution in [-0.2, 0) is 19.1 Å². The molecule has 1 N–H and O–H groups in total. The van der Waals surface area contributed by atoms with E-state index in [2.05, 4.69) is 15.2 Å². The van der Waals surface area contributed by atoms with Gasteiger partial charge < -0.3 is 19.7 Å². The molecule has 0 atom stereocenters. The Kier molecular flexibility index (Phi) is 5.10. The number of ketones is 1. The monoisotopic (exact) mass is 310 g/mol. The molecule has 22 heavy (non-hydrogen) atoms. The van der Waals surface area contributed by atoms with Gasteiger partial charge in [0, 0.05) is 19.2 Å². The van der Waals surface area contributed by atoms with Crippen molar-refractivity contribution in [3.05, 3.63) is 6.07 Å². The highest BCUT2D eigenvalue weighted by Crippen LogP contribution is 2.20. The summed E-state index contributed by atoms with van der Waals surface area (Å²) >= 11 is 0. The Morgan fingerprint density at radius 1 is 1.36 bits per heavy atom. The molecule has 1 aromatic rings. The van der Waals surface area contributed by atoms with Crippen LogP contribution in [0.1, 0.15) is 13.3 Å². The molecule has 0 aromatic carbocycles. The highest BCUT2D eigenvalue weighted by atomic mass is 16.5. The number of aromatic nitrogens is 2. The quantitative estimate of drug-likeness (QED) is 0.795. The molecular weight excluding hydrogens is 292 g/mol. The highest BCUT2D eigenvalue weighted by molar-refractivity contribution is 6.03. The molecule has 0 bridgehead atoms. The lowest BCUT2D eigenvalue weighted by molar-refractivity contribution is -0.124. The average molecular weight is 310 g/mol. The molecule has 1 fully saturated rings. The molecule has 1 saturated heterocycles. The third-order valence-electron chi connectivity index (χ3n) is 3.06. The van der Waals surface area contributed by atoms with Gasteiger partial charge >= 0.3 is 6.09 Å². The van der Waals surface area contributed by atoms with E-state index in [1.165, 1.54) is 14.0 Å². The first kappa shape index (κ1) is 16.0. The molecule has 0 saturated carbocycles. The second kappa shape index (κ2) is 7.03. The fourth-order valence-electron chi connectivity index (χ4n) is 2.04. The molecule has 0 spiro atoms. The third kappa shape index (κ3) is 3.82. The van der Waals surface area contributed by atoms with E-state index in [9.17, 15) is 14.4 Å². The molecule has 9 nitrogen and oxygen atoms in total. The number of amides is 1. The number of morpholine rings is 1. The second-order valence-electron chi connectivity index (χ2n) is 4.80. The third-order valence-corrected chi connectivity index (χ3v) is 3.06. The number of carbonyl (C=O) groups is 3. The zero-order valence-corrected chi connectivity index (χ0v) is 12.5. The highest BCUT2D eigenvalue weighted by Gasteiger charge is 2.21. The minimum atomic E-state index is -0.724. The molecule has 0 radical (unpaired) electrons. The zero-order valence-electron chi connectivity index (χ0n) is 12.5. The van der Waals surface area contributed by atoms with E-state index in [1.54, 1.807) is 6.07 Å². The number of methoxy groups -OCH3 is 1. The van der Waals surface area contributed by atoms with E-state index in [0.29, 0.717) is 32.1 Å². The van der Waals surface area contributed by atoms with Gasteiger partial charge in [0.1, 0.15) is 11.6 Å². The Labute approximate surface area is 127 Å². The number of hydrogen-bond donors (Lipinski definition) is 1. The number of hydrogen-bond acceptors (Lipinski definition) is 7. The first-order chi connectivity index (χ1) is 10.5. The van der Waals surface area contributed by atoms with Crippen molar-refractivity contribution in [1.29, 1.82) is 0 Å². The smallest absolute Gasteiger partial charge is 0.436 e. The van der Waals surface area contributed by atoms with Gasteiger partial charge in [0.25, 0.3) is 0 Å². The lowest BCUT2D eigenvalue weighted by Crippen LogP contribution is -2.36. The van der Waals surface area contributed by atoms with Crippen molar-refractivity contribution in [2.24, 2.45) is 0 Å². The molecule has 1 aliphatic rings. The van der Waals surface area contributed by atoms with Crippen molar-refractivity contribution >= 4 is 29.4 Å². The maximum absolute atomic E-state index is 11.8. The van der Waals surface area contributed by atoms with Crippen molar-refractivity contribution in [3.63, 3.8) is 0 Å². The molecule has 2 rings (SSSR count). The number of anilines is 2. The van der Waals surface area contributed by atoms with Gasteiger partial charge in [0.15, 0.2) is 5.82 Å². The minimum absolute atomic E-state index is 0.166. The van der Waals surface area contributed by atoms with Gasteiger partial charge in [0.05, 0.1) is 26.7 Å². The normalized spacial score (nSPS) is 14.5. The van der Waals surface area contributed by atoms with E-state index in [0.717, 1.165) is 4.68 Å². The van der Waals surface area contributed by atoms with Crippen molar-refractivity contribution in [2.75, 3.05) is 43.6 Å². The van der Waals surface area contributed by atoms with E-state index in [1.807, 2.05) is 4.90 Å². The van der Waals surface area contributed by atoms with Crippen LogP contribution in [0.15, 0.2) is 6.07 Å². The second-order valence-corrected chi connectivity index (χ2v) is 4.80. The maximum atomic E-state index is 11.8. The van der Waals surface area contributed by atoms with Crippen molar-refractivity contribution < 1.29 is 23.9 Å². The zero-order chi connectivity index (χ0) is 16.1. The molecule has 1 aromatic heterocycles. The first-order valence-corrected chi connectivity index (χ1v) is 6.81. The number of Topliss-reactive ketones (excluding diaryl/α,β-unsaturated/α-hetero) is 1. The Morgan fingerprint density at radius 2 is 2.05 bits per heavy atom. The van der Waals surface area contributed by atoms with Crippen LogP contribution in [0.3, 0.4) is 0 Å². The fraction of sp³-hybridized carbons (Fsp3) is 0.538. The Balaban J connectivity index is 2.21. The van der Waals surface area contributed by atoms with Gasteiger partial charge in [-0.3, -0.25) is 9.59 Å². The van der Waals surface area contributed by atoms with Gasteiger partial charge in [-0.2, -0.15) is 0 Å². The van der Waals surface area contributed by atoms with E-state index >= 15 is 0 Å². The van der Waals surface area contributed by atoms with Gasteiger partial charge in [-0.1, -0.05) is 0 Å². The Hall–Kier alpha value is -2.42. The van der Waals surface area contributed by atoms with Crippen LogP contribution in [0.2, 0.25) is 0 Å². The van der Waals surface area contributed by atoms with Crippen LogP contribution in [0, 0.1) is 0 Å².